The van der Waals surface area contributed by atoms with E-state index in [4.69, 9.17) is 4.74 Å². The SMILES string of the molecule is C[N@+]1(CCc2cncnc2)CCCC(OC(=O)C([O-])(c2ccccc2)C2CCCCC2)C1. The van der Waals surface area contributed by atoms with Crippen molar-refractivity contribution in [2.24, 2.45) is 5.92 Å². The Hall–Kier alpha value is -2.31. The summed E-state index contributed by atoms with van der Waals surface area (Å²) in [6, 6.07) is 9.18. The van der Waals surface area contributed by atoms with Gasteiger partial charge in [-0.25, -0.2) is 9.97 Å². The lowest BCUT2D eigenvalue weighted by molar-refractivity contribution is -0.916. The highest BCUT2D eigenvalue weighted by Gasteiger charge is 2.41. The number of esters is 1. The van der Waals surface area contributed by atoms with Crippen LogP contribution >= 0.6 is 0 Å². The van der Waals surface area contributed by atoms with Gasteiger partial charge in [0.2, 0.25) is 0 Å². The quantitative estimate of drug-likeness (QED) is 0.492. The van der Waals surface area contributed by atoms with Gasteiger partial charge in [-0.2, -0.15) is 0 Å². The van der Waals surface area contributed by atoms with E-state index in [-0.39, 0.29) is 12.0 Å². The van der Waals surface area contributed by atoms with Crippen molar-refractivity contribution in [1.82, 2.24) is 9.97 Å². The number of likely N-dealkylation sites (tertiary alicyclic amines) is 1. The molecule has 1 saturated carbocycles. The van der Waals surface area contributed by atoms with Crippen LogP contribution in [-0.2, 0) is 21.6 Å². The molecule has 6 nitrogen and oxygen atoms in total. The number of quaternary nitrogens is 1. The lowest BCUT2D eigenvalue weighted by Gasteiger charge is -2.48. The molecule has 1 aliphatic heterocycles. The average molecular weight is 438 g/mol. The predicted molar refractivity (Wildman–Crippen MR) is 120 cm³/mol. The van der Waals surface area contributed by atoms with Crippen LogP contribution in [0.2, 0.25) is 0 Å². The van der Waals surface area contributed by atoms with E-state index in [2.05, 4.69) is 17.0 Å². The first-order valence-electron chi connectivity index (χ1n) is 12.0. The van der Waals surface area contributed by atoms with Crippen molar-refractivity contribution in [1.29, 1.82) is 0 Å². The number of nitrogens with zero attached hydrogens (tertiary/aromatic N) is 3. The minimum Gasteiger partial charge on any atom is -0.837 e. The molecule has 0 amide bonds. The Morgan fingerprint density at radius 2 is 1.81 bits per heavy atom. The molecule has 2 aromatic rings. The van der Waals surface area contributed by atoms with Crippen molar-refractivity contribution in [3.8, 4) is 0 Å². The van der Waals surface area contributed by atoms with Gasteiger partial charge in [-0.1, -0.05) is 62.4 Å². The zero-order chi connectivity index (χ0) is 22.4. The Labute approximate surface area is 191 Å². The van der Waals surface area contributed by atoms with Crippen molar-refractivity contribution < 1.29 is 19.1 Å². The van der Waals surface area contributed by atoms with Crippen molar-refractivity contribution in [2.75, 3.05) is 26.7 Å². The molecule has 3 atom stereocenters. The maximum atomic E-state index is 14.2. The molecule has 1 aromatic carbocycles. The van der Waals surface area contributed by atoms with E-state index in [0.717, 1.165) is 81.0 Å². The maximum Gasteiger partial charge on any atom is 0.300 e. The zero-order valence-corrected chi connectivity index (χ0v) is 19.1. The second-order valence-electron chi connectivity index (χ2n) is 9.85. The maximum absolute atomic E-state index is 14.2. The van der Waals surface area contributed by atoms with Crippen molar-refractivity contribution in [2.45, 2.75) is 63.1 Å². The van der Waals surface area contributed by atoms with Gasteiger partial charge in [-0.15, -0.1) is 0 Å². The summed E-state index contributed by atoms with van der Waals surface area (Å²) in [7, 11) is 2.21. The minimum atomic E-state index is -1.82. The van der Waals surface area contributed by atoms with Crippen LogP contribution in [0.4, 0.5) is 0 Å². The summed E-state index contributed by atoms with van der Waals surface area (Å²) in [4.78, 5) is 21.7. The Bertz CT molecular complexity index is 872. The van der Waals surface area contributed by atoms with E-state index in [1.807, 2.05) is 30.6 Å². The molecule has 1 saturated heterocycles. The highest BCUT2D eigenvalue weighted by Crippen LogP contribution is 2.39. The van der Waals surface area contributed by atoms with Gasteiger partial charge in [-0.05, 0) is 23.5 Å². The van der Waals surface area contributed by atoms with Gasteiger partial charge in [0, 0.05) is 30.8 Å². The summed E-state index contributed by atoms with van der Waals surface area (Å²) >= 11 is 0. The first kappa shape index (κ1) is 22.9. The number of likely N-dealkylation sites (N-methyl/N-ethyl adjacent to an activating group) is 1. The number of carbonyl (C=O) groups is 1. The zero-order valence-electron chi connectivity index (χ0n) is 19.1. The Morgan fingerprint density at radius 1 is 1.09 bits per heavy atom. The fourth-order valence-corrected chi connectivity index (χ4v) is 5.49. The molecular weight excluding hydrogens is 402 g/mol. The smallest absolute Gasteiger partial charge is 0.300 e. The summed E-state index contributed by atoms with van der Waals surface area (Å²) in [5, 5.41) is 14.2. The van der Waals surface area contributed by atoms with E-state index in [1.54, 1.807) is 18.5 Å². The molecular formula is C26H35N3O3. The number of hydrogen-bond acceptors (Lipinski definition) is 5. The molecule has 2 heterocycles. The van der Waals surface area contributed by atoms with Gasteiger partial charge in [0.05, 0.1) is 20.1 Å². The van der Waals surface area contributed by atoms with Crippen molar-refractivity contribution in [3.05, 3.63) is 60.2 Å². The molecule has 6 heteroatoms. The lowest BCUT2D eigenvalue weighted by atomic mass is 9.73. The number of ether oxygens (including phenoxy) is 1. The molecule has 172 valence electrons. The monoisotopic (exact) mass is 437 g/mol. The number of piperidine rings is 1. The Balaban J connectivity index is 1.45. The molecule has 0 radical (unpaired) electrons. The number of hydrogen-bond donors (Lipinski definition) is 0. The van der Waals surface area contributed by atoms with E-state index in [1.165, 1.54) is 0 Å². The Kier molecular flexibility index (Phi) is 7.21. The molecule has 0 N–H and O–H groups in total. The third kappa shape index (κ3) is 5.18. The summed E-state index contributed by atoms with van der Waals surface area (Å²) in [5.74, 6) is -0.779. The van der Waals surface area contributed by atoms with Gasteiger partial charge >= 0.3 is 5.97 Å². The second-order valence-corrected chi connectivity index (χ2v) is 9.85. The number of benzene rings is 1. The largest absolute Gasteiger partial charge is 0.837 e. The number of rotatable bonds is 7. The standard InChI is InChI=1S/C26H35N3O3/c1-29(16-14-21-17-27-20-28-18-21)15-8-13-24(19-29)32-25(30)26(31,22-9-4-2-5-10-22)23-11-6-3-7-12-23/h2,4-5,9-10,17-18,20,23-24H,3,6-8,11-16,19H2,1H3/t24?,26?,29-/m1/s1. The van der Waals surface area contributed by atoms with Gasteiger partial charge in [0.1, 0.15) is 12.9 Å². The number of carbonyl (C=O) groups excluding carboxylic acids is 1. The summed E-state index contributed by atoms with van der Waals surface area (Å²) < 4.78 is 6.85. The summed E-state index contributed by atoms with van der Waals surface area (Å²) in [6.45, 7) is 2.73. The molecule has 4 rings (SSSR count). The molecule has 1 aliphatic carbocycles. The van der Waals surface area contributed by atoms with E-state index >= 15 is 0 Å². The van der Waals surface area contributed by atoms with E-state index in [9.17, 15) is 9.90 Å². The highest BCUT2D eigenvalue weighted by atomic mass is 16.6. The molecule has 1 aromatic heterocycles. The third-order valence-corrected chi connectivity index (χ3v) is 7.38. The van der Waals surface area contributed by atoms with E-state index < -0.39 is 11.6 Å². The molecule has 2 fully saturated rings. The van der Waals surface area contributed by atoms with Crippen molar-refractivity contribution in [3.63, 3.8) is 0 Å². The molecule has 2 aliphatic rings. The van der Waals surface area contributed by atoms with Crippen LogP contribution in [0, 0.1) is 5.92 Å². The van der Waals surface area contributed by atoms with Gasteiger partial charge in [0.15, 0.2) is 6.10 Å². The normalized spacial score (nSPS) is 26.2. The fraction of sp³-hybridized carbons (Fsp3) is 0.577. The van der Waals surface area contributed by atoms with Crippen molar-refractivity contribution >= 4 is 5.97 Å². The van der Waals surface area contributed by atoms with Crippen LogP contribution < -0.4 is 5.11 Å². The number of aromatic nitrogens is 2. The lowest BCUT2D eigenvalue weighted by Crippen LogP contribution is -2.59. The second kappa shape index (κ2) is 10.1. The van der Waals surface area contributed by atoms with Crippen LogP contribution in [-0.4, -0.2) is 53.2 Å². The molecule has 0 bridgehead atoms. The van der Waals surface area contributed by atoms with Crippen LogP contribution in [0.3, 0.4) is 0 Å². The Morgan fingerprint density at radius 3 is 2.53 bits per heavy atom. The van der Waals surface area contributed by atoms with Gasteiger partial charge in [0.25, 0.3) is 0 Å². The first-order chi connectivity index (χ1) is 15.5. The topological polar surface area (TPSA) is 75.1 Å². The molecule has 32 heavy (non-hydrogen) atoms. The molecule has 0 spiro atoms. The summed E-state index contributed by atoms with van der Waals surface area (Å²) in [6.07, 6.45) is 12.5. The minimum absolute atomic E-state index is 0.200. The predicted octanol–water partition coefficient (Wildman–Crippen LogP) is 3.01. The van der Waals surface area contributed by atoms with Crippen LogP contribution in [0.15, 0.2) is 49.1 Å². The first-order valence-corrected chi connectivity index (χ1v) is 12.0. The van der Waals surface area contributed by atoms with Crippen LogP contribution in [0.5, 0.6) is 0 Å². The van der Waals surface area contributed by atoms with Crippen LogP contribution in [0.25, 0.3) is 0 Å². The van der Waals surface area contributed by atoms with Gasteiger partial charge in [-0.3, -0.25) is 4.79 Å². The third-order valence-electron chi connectivity index (χ3n) is 7.38. The summed E-state index contributed by atoms with van der Waals surface area (Å²) in [5.41, 5.74) is -0.149. The highest BCUT2D eigenvalue weighted by molar-refractivity contribution is 5.81. The fourth-order valence-electron chi connectivity index (χ4n) is 5.49. The molecule has 2 unspecified atom stereocenters. The van der Waals surface area contributed by atoms with Gasteiger partial charge < -0.3 is 14.3 Å². The van der Waals surface area contributed by atoms with E-state index in [0.29, 0.717) is 5.56 Å². The van der Waals surface area contributed by atoms with Crippen LogP contribution in [0.1, 0.15) is 56.1 Å². The average Bonchev–Trinajstić information content (AvgIpc) is 2.84.